The number of fused-ring (bicyclic) bond motifs is 1. The van der Waals surface area contributed by atoms with Gasteiger partial charge in [0.1, 0.15) is 11.8 Å². The molecule has 0 saturated heterocycles. The third kappa shape index (κ3) is 4.10. The molecule has 0 saturated carbocycles. The van der Waals surface area contributed by atoms with Crippen LogP contribution in [0.1, 0.15) is 21.7 Å². The van der Waals surface area contributed by atoms with Crippen molar-refractivity contribution in [2.75, 3.05) is 5.32 Å². The van der Waals surface area contributed by atoms with Gasteiger partial charge in [0.2, 0.25) is 0 Å². The maximum absolute atomic E-state index is 14.2. The highest BCUT2D eigenvalue weighted by Crippen LogP contribution is 2.35. The van der Waals surface area contributed by atoms with Crippen LogP contribution in [0, 0.1) is 11.3 Å². The monoisotopic (exact) mass is 509 g/mol. The molecule has 1 N–H and O–H groups in total. The summed E-state index contributed by atoms with van der Waals surface area (Å²) >= 11 is 6.18. The van der Waals surface area contributed by atoms with Gasteiger partial charge >= 0.3 is 6.18 Å². The summed E-state index contributed by atoms with van der Waals surface area (Å²) in [6.07, 6.45) is -0.136. The first kappa shape index (κ1) is 22.9. The van der Waals surface area contributed by atoms with Crippen LogP contribution in [0.25, 0.3) is 22.4 Å². The van der Waals surface area contributed by atoms with Gasteiger partial charge in [-0.15, -0.1) is 4.80 Å². The second-order valence-corrected chi connectivity index (χ2v) is 7.68. The molecule has 0 bridgehead atoms. The summed E-state index contributed by atoms with van der Waals surface area (Å²) in [6, 6.07) is 10.7. The summed E-state index contributed by atoms with van der Waals surface area (Å²) in [7, 11) is 0. The highest BCUT2D eigenvalue weighted by atomic mass is 35.5. The summed E-state index contributed by atoms with van der Waals surface area (Å²) in [4.78, 5) is 22.2. The molecule has 14 heteroatoms. The van der Waals surface area contributed by atoms with E-state index in [1.807, 2.05) is 6.07 Å². The quantitative estimate of drug-likeness (QED) is 0.384. The molecule has 4 heterocycles. The molecule has 1 amide bonds. The van der Waals surface area contributed by atoms with E-state index in [0.29, 0.717) is 15.6 Å². The molecule has 4 aromatic heterocycles. The number of alkyl halides is 3. The Morgan fingerprint density at radius 2 is 1.83 bits per heavy atom. The Morgan fingerprint density at radius 1 is 1.08 bits per heavy atom. The van der Waals surface area contributed by atoms with E-state index in [-0.39, 0.29) is 27.9 Å². The molecule has 0 spiro atoms. The Morgan fingerprint density at radius 3 is 2.53 bits per heavy atom. The van der Waals surface area contributed by atoms with Gasteiger partial charge in [0.15, 0.2) is 11.5 Å². The number of hydrogen-bond acceptors (Lipinski definition) is 7. The minimum atomic E-state index is -4.97. The number of hydrogen-bond donors (Lipinski definition) is 1. The number of carbonyl (C=O) groups is 1. The SMILES string of the molecule is N#Cc1cc(-n2ncc(C(=O)Nc3cnc(-n4nccn4)c(Cl)c3)c2C(F)(F)F)c2ccccc2n1. The van der Waals surface area contributed by atoms with Gasteiger partial charge in [0.25, 0.3) is 5.91 Å². The minimum absolute atomic E-state index is 0.0444. The zero-order valence-corrected chi connectivity index (χ0v) is 18.5. The lowest BCUT2D eigenvalue weighted by Crippen LogP contribution is -2.21. The van der Waals surface area contributed by atoms with E-state index >= 15 is 0 Å². The second-order valence-electron chi connectivity index (χ2n) is 7.27. The van der Waals surface area contributed by atoms with Gasteiger partial charge in [-0.1, -0.05) is 29.8 Å². The number of para-hydroxylation sites is 1. The van der Waals surface area contributed by atoms with Gasteiger partial charge in [-0.2, -0.15) is 33.7 Å². The van der Waals surface area contributed by atoms with Gasteiger partial charge in [-0.3, -0.25) is 4.79 Å². The van der Waals surface area contributed by atoms with E-state index in [0.717, 1.165) is 11.0 Å². The molecule has 5 aromatic rings. The van der Waals surface area contributed by atoms with Crippen molar-refractivity contribution in [2.24, 2.45) is 0 Å². The number of anilines is 1. The molecule has 36 heavy (non-hydrogen) atoms. The van der Waals surface area contributed by atoms with Crippen LogP contribution >= 0.6 is 11.6 Å². The highest BCUT2D eigenvalue weighted by Gasteiger charge is 2.41. The van der Waals surface area contributed by atoms with Crippen molar-refractivity contribution in [3.8, 4) is 17.6 Å². The standard InChI is InChI=1S/C22H11ClF3N9O/c23-16-7-13(10-28-20(16)35-29-5-6-30-35)33-21(36)15-11-31-34(19(15)22(24,25)26)18-8-12(9-27)32-17-4-2-1-3-14(17)18/h1-8,10-11H,(H,33,36). The Bertz CT molecular complexity index is 1660. The van der Waals surface area contributed by atoms with E-state index in [9.17, 15) is 23.2 Å². The molecule has 0 aliphatic rings. The van der Waals surface area contributed by atoms with Crippen molar-refractivity contribution in [1.29, 1.82) is 5.26 Å². The van der Waals surface area contributed by atoms with Crippen LogP contribution in [0.15, 0.2) is 61.2 Å². The van der Waals surface area contributed by atoms with Crippen molar-refractivity contribution < 1.29 is 18.0 Å². The van der Waals surface area contributed by atoms with Crippen molar-refractivity contribution >= 4 is 34.1 Å². The zero-order valence-electron chi connectivity index (χ0n) is 17.8. The summed E-state index contributed by atoms with van der Waals surface area (Å²) < 4.78 is 43.2. The fourth-order valence-corrected chi connectivity index (χ4v) is 3.77. The average Bonchev–Trinajstić information content (AvgIpc) is 3.54. The minimum Gasteiger partial charge on any atom is -0.320 e. The average molecular weight is 510 g/mol. The third-order valence-electron chi connectivity index (χ3n) is 5.01. The summed E-state index contributed by atoms with van der Waals surface area (Å²) in [6.45, 7) is 0. The maximum Gasteiger partial charge on any atom is 0.434 e. The first-order valence-corrected chi connectivity index (χ1v) is 10.4. The van der Waals surface area contributed by atoms with Crippen molar-refractivity contribution in [1.82, 2.24) is 34.7 Å². The number of nitriles is 1. The summed E-state index contributed by atoms with van der Waals surface area (Å²) in [5.41, 5.74) is -1.88. The van der Waals surface area contributed by atoms with E-state index in [1.54, 1.807) is 24.3 Å². The number of pyridine rings is 2. The third-order valence-corrected chi connectivity index (χ3v) is 5.29. The van der Waals surface area contributed by atoms with Crippen LogP contribution in [0.4, 0.5) is 18.9 Å². The molecule has 10 nitrogen and oxygen atoms in total. The second kappa shape index (κ2) is 8.75. The summed E-state index contributed by atoms with van der Waals surface area (Å²) in [5, 5.41) is 23.7. The van der Waals surface area contributed by atoms with Crippen LogP contribution in [0.3, 0.4) is 0 Å². The van der Waals surface area contributed by atoms with Crippen molar-refractivity contribution in [3.63, 3.8) is 0 Å². The number of nitrogens with zero attached hydrogens (tertiary/aromatic N) is 8. The Balaban J connectivity index is 1.56. The molecule has 5 rings (SSSR count). The fourth-order valence-electron chi connectivity index (χ4n) is 3.53. The molecule has 0 aliphatic heterocycles. The number of nitrogens with one attached hydrogen (secondary N) is 1. The van der Waals surface area contributed by atoms with E-state index in [4.69, 9.17) is 11.6 Å². The maximum atomic E-state index is 14.2. The molecular weight excluding hydrogens is 499 g/mol. The van der Waals surface area contributed by atoms with E-state index in [1.165, 1.54) is 30.7 Å². The lowest BCUT2D eigenvalue weighted by atomic mass is 10.1. The van der Waals surface area contributed by atoms with Gasteiger partial charge in [0, 0.05) is 11.5 Å². The Kier molecular flexibility index (Phi) is 5.57. The molecule has 0 radical (unpaired) electrons. The van der Waals surface area contributed by atoms with Gasteiger partial charge in [-0.05, 0) is 12.1 Å². The van der Waals surface area contributed by atoms with Gasteiger partial charge < -0.3 is 5.32 Å². The fraction of sp³-hybridized carbons (Fsp3) is 0.0455. The Hall–Kier alpha value is -4.83. The van der Waals surface area contributed by atoms with Crippen molar-refractivity contribution in [2.45, 2.75) is 6.18 Å². The van der Waals surface area contributed by atoms with Gasteiger partial charge in [0.05, 0.1) is 52.3 Å². The van der Waals surface area contributed by atoms with Crippen LogP contribution in [0.5, 0.6) is 0 Å². The molecule has 0 atom stereocenters. The summed E-state index contributed by atoms with van der Waals surface area (Å²) in [5.74, 6) is -0.920. The zero-order chi connectivity index (χ0) is 25.4. The number of halogens is 4. The smallest absolute Gasteiger partial charge is 0.320 e. The number of amides is 1. The normalized spacial score (nSPS) is 11.4. The number of benzene rings is 1. The molecule has 0 unspecified atom stereocenters. The number of aromatic nitrogens is 7. The molecule has 0 fully saturated rings. The van der Waals surface area contributed by atoms with Crippen LogP contribution in [0.2, 0.25) is 5.02 Å². The topological polar surface area (TPSA) is 127 Å². The largest absolute Gasteiger partial charge is 0.434 e. The lowest BCUT2D eigenvalue weighted by Gasteiger charge is -2.14. The molecular formula is C22H11ClF3N9O. The first-order valence-electron chi connectivity index (χ1n) is 10.1. The Labute approximate surface area is 204 Å². The van der Waals surface area contributed by atoms with E-state index in [2.05, 4.69) is 30.6 Å². The number of carbonyl (C=O) groups excluding carboxylic acids is 1. The molecule has 0 aliphatic carbocycles. The van der Waals surface area contributed by atoms with Crippen LogP contribution in [-0.4, -0.2) is 40.6 Å². The van der Waals surface area contributed by atoms with Crippen LogP contribution < -0.4 is 5.32 Å². The first-order chi connectivity index (χ1) is 17.3. The molecule has 1 aromatic carbocycles. The lowest BCUT2D eigenvalue weighted by molar-refractivity contribution is -0.143. The van der Waals surface area contributed by atoms with Crippen molar-refractivity contribution in [3.05, 3.63) is 83.2 Å². The highest BCUT2D eigenvalue weighted by molar-refractivity contribution is 6.32. The molecule has 178 valence electrons. The van der Waals surface area contributed by atoms with E-state index < -0.39 is 23.3 Å². The predicted octanol–water partition coefficient (Wildman–Crippen LogP) is 4.19. The van der Waals surface area contributed by atoms with Gasteiger partial charge in [-0.25, -0.2) is 14.6 Å². The predicted molar refractivity (Wildman–Crippen MR) is 121 cm³/mol. The van der Waals surface area contributed by atoms with Crippen LogP contribution in [-0.2, 0) is 6.18 Å². The number of rotatable bonds is 4.